The second-order valence-electron chi connectivity index (χ2n) is 8.15. The van der Waals surface area contributed by atoms with Gasteiger partial charge in [-0.15, -0.1) is 0 Å². The highest BCUT2D eigenvalue weighted by atomic mass is 19.1. The van der Waals surface area contributed by atoms with Crippen LogP contribution < -0.4 is 10.1 Å². The van der Waals surface area contributed by atoms with Gasteiger partial charge in [-0.2, -0.15) is 0 Å². The number of benzene rings is 3. The summed E-state index contributed by atoms with van der Waals surface area (Å²) >= 11 is 0. The van der Waals surface area contributed by atoms with Crippen molar-refractivity contribution in [2.24, 2.45) is 0 Å². The number of ether oxygens (including phenoxy) is 1. The third-order valence-electron chi connectivity index (χ3n) is 5.97. The van der Waals surface area contributed by atoms with Gasteiger partial charge in [-0.1, -0.05) is 66.7 Å². The first-order valence-electron chi connectivity index (χ1n) is 11.1. The van der Waals surface area contributed by atoms with Gasteiger partial charge in [0.05, 0.1) is 18.5 Å². The molecule has 1 heterocycles. The molecule has 0 aromatic heterocycles. The molecule has 4 rings (SSSR count). The average molecular weight is 447 g/mol. The Labute approximate surface area is 193 Å². The van der Waals surface area contributed by atoms with Gasteiger partial charge >= 0.3 is 0 Å². The Bertz CT molecular complexity index is 1120. The predicted octanol–water partition coefficient (Wildman–Crippen LogP) is 4.60. The van der Waals surface area contributed by atoms with Gasteiger partial charge in [-0.05, 0) is 35.2 Å². The predicted molar refractivity (Wildman–Crippen MR) is 124 cm³/mol. The fraction of sp³-hybridized carbons (Fsp3) is 0.259. The van der Waals surface area contributed by atoms with Crippen LogP contribution in [0.3, 0.4) is 0 Å². The Balaban J connectivity index is 1.51. The number of hydrogen-bond acceptors (Lipinski definition) is 3. The third kappa shape index (κ3) is 5.40. The Hall–Kier alpha value is -3.67. The summed E-state index contributed by atoms with van der Waals surface area (Å²) in [7, 11) is 0. The van der Waals surface area contributed by atoms with Crippen LogP contribution in [0.25, 0.3) is 0 Å². The van der Waals surface area contributed by atoms with Gasteiger partial charge in [-0.3, -0.25) is 9.59 Å². The molecule has 2 amide bonds. The van der Waals surface area contributed by atoms with Gasteiger partial charge in [0.25, 0.3) is 0 Å². The first kappa shape index (κ1) is 22.5. The Morgan fingerprint density at radius 1 is 1.03 bits per heavy atom. The molecule has 0 saturated heterocycles. The van der Waals surface area contributed by atoms with Crippen LogP contribution in [0.4, 0.5) is 4.39 Å². The smallest absolute Gasteiger partial charge is 0.223 e. The number of amides is 2. The number of fused-ring (bicyclic) bond motifs is 1. The van der Waals surface area contributed by atoms with Gasteiger partial charge in [0.15, 0.2) is 11.6 Å². The van der Waals surface area contributed by atoms with E-state index in [2.05, 4.69) is 5.32 Å². The second kappa shape index (κ2) is 10.3. The van der Waals surface area contributed by atoms with Crippen LogP contribution in [0.5, 0.6) is 5.75 Å². The molecule has 0 radical (unpaired) electrons. The van der Waals surface area contributed by atoms with E-state index in [1.165, 1.54) is 13.0 Å². The van der Waals surface area contributed by atoms with Gasteiger partial charge < -0.3 is 15.0 Å². The fourth-order valence-electron chi connectivity index (χ4n) is 4.32. The number of rotatable bonds is 7. The summed E-state index contributed by atoms with van der Waals surface area (Å²) in [5, 5.41) is 3.04. The minimum Gasteiger partial charge on any atom is -0.488 e. The van der Waals surface area contributed by atoms with Crippen LogP contribution in [0, 0.1) is 5.82 Å². The molecular formula is C27H27FN2O3. The number of nitrogens with zero attached hydrogens (tertiary/aromatic N) is 1. The topological polar surface area (TPSA) is 58.6 Å². The van der Waals surface area contributed by atoms with Crippen LogP contribution in [-0.4, -0.2) is 29.9 Å². The summed E-state index contributed by atoms with van der Waals surface area (Å²) in [5.74, 6) is -0.568. The van der Waals surface area contributed by atoms with E-state index in [9.17, 15) is 14.0 Å². The van der Waals surface area contributed by atoms with Crippen LogP contribution in [-0.2, 0) is 16.0 Å². The average Bonchev–Trinajstić information content (AvgIpc) is 2.83. The highest BCUT2D eigenvalue weighted by Gasteiger charge is 2.31. The molecule has 6 heteroatoms. The summed E-state index contributed by atoms with van der Waals surface area (Å²) < 4.78 is 19.7. The minimum absolute atomic E-state index is 0.0511. The van der Waals surface area contributed by atoms with Crippen molar-refractivity contribution in [2.45, 2.75) is 31.8 Å². The van der Waals surface area contributed by atoms with Crippen molar-refractivity contribution in [2.75, 3.05) is 13.2 Å². The summed E-state index contributed by atoms with van der Waals surface area (Å²) in [6, 6.07) is 22.8. The molecule has 3 aromatic rings. The fourth-order valence-corrected chi connectivity index (χ4v) is 4.32. The van der Waals surface area contributed by atoms with Crippen LogP contribution >= 0.6 is 0 Å². The molecule has 3 aromatic carbocycles. The normalized spacial score (nSPS) is 15.9. The Morgan fingerprint density at radius 3 is 2.48 bits per heavy atom. The van der Waals surface area contributed by atoms with E-state index in [0.29, 0.717) is 6.54 Å². The highest BCUT2D eigenvalue weighted by molar-refractivity contribution is 5.80. The van der Waals surface area contributed by atoms with Crippen molar-refractivity contribution < 1.29 is 18.7 Å². The molecule has 0 bridgehead atoms. The maximum absolute atomic E-state index is 14.0. The lowest BCUT2D eigenvalue weighted by Gasteiger charge is -2.36. The van der Waals surface area contributed by atoms with E-state index in [-0.39, 0.29) is 36.6 Å². The molecule has 2 unspecified atom stereocenters. The number of carbonyl (C=O) groups is 2. The molecule has 0 aliphatic carbocycles. The lowest BCUT2D eigenvalue weighted by molar-refractivity contribution is -0.133. The molecule has 1 aliphatic heterocycles. The second-order valence-corrected chi connectivity index (χ2v) is 8.15. The van der Waals surface area contributed by atoms with Crippen molar-refractivity contribution >= 4 is 11.8 Å². The van der Waals surface area contributed by atoms with Crippen LogP contribution in [0.1, 0.15) is 42.1 Å². The number of carbonyl (C=O) groups excluding carboxylic acids is 2. The molecule has 0 fully saturated rings. The number of nitrogens with one attached hydrogen (secondary N) is 1. The standard InChI is InChI=1S/C27H27FN2O3/c1-19(31)30-16-15-20-9-5-6-12-22(20)25(30)17-27(32)29-24(21-10-3-2-4-11-21)18-33-26-14-8-7-13-23(26)28/h2-14,24-25H,15-18H2,1H3,(H,29,32). The van der Waals surface area contributed by atoms with Crippen LogP contribution in [0.15, 0.2) is 78.9 Å². The number of para-hydroxylation sites is 1. The highest BCUT2D eigenvalue weighted by Crippen LogP contribution is 2.32. The van der Waals surface area contributed by atoms with E-state index < -0.39 is 11.9 Å². The molecule has 170 valence electrons. The van der Waals surface area contributed by atoms with Crippen LogP contribution in [0.2, 0.25) is 0 Å². The Kier molecular flexibility index (Phi) is 7.03. The van der Waals surface area contributed by atoms with Gasteiger partial charge in [-0.25, -0.2) is 4.39 Å². The molecule has 1 aliphatic rings. The first-order chi connectivity index (χ1) is 16.0. The van der Waals surface area contributed by atoms with Crippen molar-refractivity contribution in [1.29, 1.82) is 0 Å². The summed E-state index contributed by atoms with van der Waals surface area (Å²) in [6.07, 6.45) is 0.913. The molecule has 1 N–H and O–H groups in total. The monoisotopic (exact) mass is 446 g/mol. The van der Waals surface area contributed by atoms with Crippen molar-refractivity contribution in [3.63, 3.8) is 0 Å². The Morgan fingerprint density at radius 2 is 1.73 bits per heavy atom. The van der Waals surface area contributed by atoms with E-state index in [1.54, 1.807) is 23.1 Å². The van der Waals surface area contributed by atoms with Gasteiger partial charge in [0.2, 0.25) is 11.8 Å². The summed E-state index contributed by atoms with van der Waals surface area (Å²) in [5.41, 5.74) is 3.03. The molecular weight excluding hydrogens is 419 g/mol. The molecule has 2 atom stereocenters. The van der Waals surface area contributed by atoms with Crippen molar-refractivity contribution in [1.82, 2.24) is 10.2 Å². The minimum atomic E-state index is -0.470. The quantitative estimate of drug-likeness (QED) is 0.577. The van der Waals surface area contributed by atoms with Gasteiger partial charge in [0, 0.05) is 13.5 Å². The molecule has 0 saturated carbocycles. The van der Waals surface area contributed by atoms with E-state index in [4.69, 9.17) is 4.74 Å². The largest absolute Gasteiger partial charge is 0.488 e. The zero-order valence-electron chi connectivity index (χ0n) is 18.5. The lowest BCUT2D eigenvalue weighted by atomic mass is 9.90. The maximum atomic E-state index is 14.0. The molecule has 5 nitrogen and oxygen atoms in total. The molecule has 0 spiro atoms. The lowest BCUT2D eigenvalue weighted by Crippen LogP contribution is -2.42. The van der Waals surface area contributed by atoms with E-state index >= 15 is 0 Å². The summed E-state index contributed by atoms with van der Waals surface area (Å²) in [6.45, 7) is 2.20. The zero-order chi connectivity index (χ0) is 23.2. The maximum Gasteiger partial charge on any atom is 0.223 e. The van der Waals surface area contributed by atoms with E-state index in [1.807, 2.05) is 54.6 Å². The third-order valence-corrected chi connectivity index (χ3v) is 5.97. The number of hydrogen-bond donors (Lipinski definition) is 1. The van der Waals surface area contributed by atoms with Gasteiger partial charge in [0.1, 0.15) is 6.61 Å². The number of halogens is 1. The molecule has 33 heavy (non-hydrogen) atoms. The summed E-state index contributed by atoms with van der Waals surface area (Å²) in [4.78, 5) is 27.2. The van der Waals surface area contributed by atoms with Crippen molar-refractivity contribution in [3.05, 3.63) is 101 Å². The SMILES string of the molecule is CC(=O)N1CCc2ccccc2C1CC(=O)NC(COc1ccccc1F)c1ccccc1. The first-order valence-corrected chi connectivity index (χ1v) is 11.1. The van der Waals surface area contributed by atoms with E-state index in [0.717, 1.165) is 23.1 Å². The van der Waals surface area contributed by atoms with Crippen molar-refractivity contribution in [3.8, 4) is 5.75 Å². The zero-order valence-corrected chi connectivity index (χ0v) is 18.5.